The molecule has 0 aliphatic heterocycles. The second kappa shape index (κ2) is 47.5. The fraction of sp³-hybridized carbons (Fsp3) is 0.882. The van der Waals surface area contributed by atoms with E-state index in [0.29, 0.717) is 31.1 Å². The van der Waals surface area contributed by atoms with Gasteiger partial charge in [0, 0.05) is 37.6 Å². The van der Waals surface area contributed by atoms with Crippen molar-refractivity contribution in [3.05, 3.63) is 0 Å². The molecular formula is C51H93NO12S3. The van der Waals surface area contributed by atoms with Gasteiger partial charge >= 0.3 is 35.8 Å². The Bertz CT molecular complexity index is 1190. The SMILES string of the molecule is CCCCCCCCCCCCSC(C)C(=O)OCCOC(=O)CCN(CCSCC(C)C(=O)OCCOC(=O)CC)CCC(=O)OCCOC(=O)C(C)SCCCCCCCCCCCC. The van der Waals surface area contributed by atoms with Crippen LogP contribution in [0.4, 0.5) is 0 Å². The van der Waals surface area contributed by atoms with Crippen LogP contribution < -0.4 is 0 Å². The van der Waals surface area contributed by atoms with Gasteiger partial charge in [0.15, 0.2) is 0 Å². The summed E-state index contributed by atoms with van der Waals surface area (Å²) in [7, 11) is 0. The normalized spacial score (nSPS) is 12.6. The molecule has 0 aliphatic rings. The third-order valence-corrected chi connectivity index (χ3v) is 14.7. The number of nitrogens with zero attached hydrogens (tertiary/aromatic N) is 1. The third-order valence-electron chi connectivity index (χ3n) is 11.0. The molecule has 0 aromatic carbocycles. The van der Waals surface area contributed by atoms with Crippen molar-refractivity contribution in [1.82, 2.24) is 4.90 Å². The Kier molecular flexibility index (Phi) is 46.0. The first kappa shape index (κ1) is 64.8. The number of hydrogen-bond acceptors (Lipinski definition) is 16. The van der Waals surface area contributed by atoms with Crippen molar-refractivity contribution in [2.75, 3.05) is 82.3 Å². The summed E-state index contributed by atoms with van der Waals surface area (Å²) in [4.78, 5) is 75.9. The smallest absolute Gasteiger partial charge is 0.318 e. The van der Waals surface area contributed by atoms with E-state index < -0.39 is 11.9 Å². The molecule has 0 rings (SSSR count). The van der Waals surface area contributed by atoms with Crippen LogP contribution in [0, 0.1) is 5.92 Å². The van der Waals surface area contributed by atoms with E-state index in [1.165, 1.54) is 116 Å². The number of thioether (sulfide) groups is 3. The van der Waals surface area contributed by atoms with Crippen LogP contribution in [0.3, 0.4) is 0 Å². The molecule has 0 radical (unpaired) electrons. The zero-order valence-corrected chi connectivity index (χ0v) is 45.2. The van der Waals surface area contributed by atoms with Gasteiger partial charge in [-0.2, -0.15) is 11.8 Å². The highest BCUT2D eigenvalue weighted by atomic mass is 32.2. The summed E-state index contributed by atoms with van der Waals surface area (Å²) in [5.74, 6) is 0.296. The molecule has 0 fully saturated rings. The van der Waals surface area contributed by atoms with Crippen molar-refractivity contribution in [2.45, 2.75) is 200 Å². The van der Waals surface area contributed by atoms with Crippen LogP contribution in [-0.4, -0.2) is 134 Å². The number of ether oxygens (including phenoxy) is 6. The van der Waals surface area contributed by atoms with Crippen LogP contribution in [0.1, 0.15) is 189 Å². The minimum absolute atomic E-state index is 0.000242. The van der Waals surface area contributed by atoms with E-state index in [2.05, 4.69) is 13.8 Å². The molecule has 392 valence electrons. The Hall–Kier alpha value is -2.17. The van der Waals surface area contributed by atoms with Crippen molar-refractivity contribution in [2.24, 2.45) is 5.92 Å². The largest absolute Gasteiger partial charge is 0.462 e. The molecule has 0 spiro atoms. The van der Waals surface area contributed by atoms with Crippen LogP contribution >= 0.6 is 35.3 Å². The highest BCUT2D eigenvalue weighted by molar-refractivity contribution is 8.00. The lowest BCUT2D eigenvalue weighted by atomic mass is 10.1. The molecule has 0 aliphatic carbocycles. The number of esters is 6. The van der Waals surface area contributed by atoms with E-state index in [9.17, 15) is 28.8 Å². The summed E-state index contributed by atoms with van der Waals surface area (Å²) in [5, 5.41) is -0.574. The van der Waals surface area contributed by atoms with Crippen molar-refractivity contribution >= 4 is 71.1 Å². The van der Waals surface area contributed by atoms with E-state index in [1.54, 1.807) is 49.1 Å². The molecule has 67 heavy (non-hydrogen) atoms. The van der Waals surface area contributed by atoms with Crippen LogP contribution in [0.15, 0.2) is 0 Å². The van der Waals surface area contributed by atoms with Gasteiger partial charge in [-0.05, 0) is 38.2 Å². The van der Waals surface area contributed by atoms with Crippen LogP contribution in [-0.2, 0) is 57.2 Å². The lowest BCUT2D eigenvalue weighted by Gasteiger charge is -2.22. The standard InChI is InChI=1S/C51H93NO12S3/c1-7-10-12-14-16-18-20-22-24-26-39-66-44(5)50(57)63-37-34-60-47(54)28-30-52(32-41-65-42-43(4)49(56)62-36-33-59-46(53)9-3)31-29-48(55)61-35-38-64-51(58)45(6)67-40-27-25-23-21-19-17-15-13-11-8-2/h43-45H,7-42H2,1-6H3. The van der Waals surface area contributed by atoms with Crippen LogP contribution in [0.25, 0.3) is 0 Å². The van der Waals surface area contributed by atoms with E-state index in [4.69, 9.17) is 28.4 Å². The maximum atomic E-state index is 12.7. The minimum atomic E-state index is -0.446. The molecule has 0 N–H and O–H groups in total. The van der Waals surface area contributed by atoms with Gasteiger partial charge in [-0.15, -0.1) is 23.5 Å². The van der Waals surface area contributed by atoms with Gasteiger partial charge in [-0.3, -0.25) is 28.8 Å². The Labute approximate surface area is 419 Å². The Morgan fingerprint density at radius 1 is 0.403 bits per heavy atom. The van der Waals surface area contributed by atoms with Gasteiger partial charge in [0.1, 0.15) is 39.6 Å². The zero-order valence-electron chi connectivity index (χ0n) is 42.8. The second-order valence-electron chi connectivity index (χ2n) is 17.2. The summed E-state index contributed by atoms with van der Waals surface area (Å²) < 4.78 is 31.6. The highest BCUT2D eigenvalue weighted by Crippen LogP contribution is 2.19. The van der Waals surface area contributed by atoms with Crippen LogP contribution in [0.2, 0.25) is 0 Å². The molecule has 13 nitrogen and oxygen atoms in total. The highest BCUT2D eigenvalue weighted by Gasteiger charge is 2.19. The first-order valence-electron chi connectivity index (χ1n) is 25.9. The Balaban J connectivity index is 4.61. The lowest BCUT2D eigenvalue weighted by molar-refractivity contribution is -0.154. The number of unbranched alkanes of at least 4 members (excludes halogenated alkanes) is 18. The summed E-state index contributed by atoms with van der Waals surface area (Å²) in [6, 6.07) is 0. The fourth-order valence-corrected chi connectivity index (χ4v) is 9.61. The van der Waals surface area contributed by atoms with E-state index in [0.717, 1.165) is 24.3 Å². The Morgan fingerprint density at radius 3 is 1.13 bits per heavy atom. The van der Waals surface area contributed by atoms with Gasteiger partial charge in [0.05, 0.1) is 29.3 Å². The molecule has 3 unspecified atom stereocenters. The van der Waals surface area contributed by atoms with Gasteiger partial charge in [-0.25, -0.2) is 0 Å². The average Bonchev–Trinajstić information content (AvgIpc) is 3.32. The number of carbonyl (C=O) groups excluding carboxylic acids is 6. The topological polar surface area (TPSA) is 161 Å². The predicted octanol–water partition coefficient (Wildman–Crippen LogP) is 11.2. The molecule has 0 aromatic heterocycles. The molecule has 0 saturated carbocycles. The second-order valence-corrected chi connectivity index (χ2v) is 21.3. The maximum absolute atomic E-state index is 12.7. The van der Waals surface area contributed by atoms with Crippen molar-refractivity contribution in [3.8, 4) is 0 Å². The number of carbonyl (C=O) groups is 6. The molecule has 3 atom stereocenters. The predicted molar refractivity (Wildman–Crippen MR) is 276 cm³/mol. The van der Waals surface area contributed by atoms with Gasteiger partial charge in [-0.1, -0.05) is 143 Å². The Morgan fingerprint density at radius 2 is 0.746 bits per heavy atom. The van der Waals surface area contributed by atoms with E-state index in [-0.39, 0.29) is 99.2 Å². The first-order chi connectivity index (χ1) is 32.4. The zero-order chi connectivity index (χ0) is 49.6. The van der Waals surface area contributed by atoms with Gasteiger partial charge in [0.2, 0.25) is 0 Å². The molecule has 0 heterocycles. The average molecular weight is 1010 g/mol. The fourth-order valence-electron chi connectivity index (χ4n) is 6.71. The van der Waals surface area contributed by atoms with Crippen molar-refractivity contribution in [1.29, 1.82) is 0 Å². The molecular weight excluding hydrogens is 915 g/mol. The summed E-state index contributed by atoms with van der Waals surface area (Å²) in [6.45, 7) is 12.7. The van der Waals surface area contributed by atoms with Crippen LogP contribution in [0.5, 0.6) is 0 Å². The summed E-state index contributed by atoms with van der Waals surface area (Å²) in [6.07, 6.45) is 25.8. The third kappa shape index (κ3) is 42.4. The molecule has 0 aromatic rings. The molecule has 16 heteroatoms. The lowest BCUT2D eigenvalue weighted by Crippen LogP contribution is -2.32. The summed E-state index contributed by atoms with van der Waals surface area (Å²) >= 11 is 4.73. The molecule has 0 saturated heterocycles. The molecule has 0 bridgehead atoms. The quantitative estimate of drug-likeness (QED) is 0.0321. The van der Waals surface area contributed by atoms with Crippen molar-refractivity contribution < 1.29 is 57.2 Å². The van der Waals surface area contributed by atoms with E-state index >= 15 is 0 Å². The number of hydrogen-bond donors (Lipinski definition) is 0. The molecule has 0 amide bonds. The number of rotatable bonds is 48. The van der Waals surface area contributed by atoms with Gasteiger partial charge in [0.25, 0.3) is 0 Å². The first-order valence-corrected chi connectivity index (χ1v) is 29.2. The maximum Gasteiger partial charge on any atom is 0.318 e. The van der Waals surface area contributed by atoms with E-state index in [1.807, 2.05) is 18.7 Å². The summed E-state index contributed by atoms with van der Waals surface area (Å²) in [5.41, 5.74) is 0. The van der Waals surface area contributed by atoms with Gasteiger partial charge < -0.3 is 33.3 Å². The monoisotopic (exact) mass is 1010 g/mol. The minimum Gasteiger partial charge on any atom is -0.462 e. The van der Waals surface area contributed by atoms with Crippen molar-refractivity contribution in [3.63, 3.8) is 0 Å².